The third-order valence-electron chi connectivity index (χ3n) is 3.71. The number of nitro groups is 1. The number of sulfonamides is 1. The molecule has 1 aliphatic rings. The largest absolute Gasteiger partial charge is 0.375 e. The molecule has 0 aromatic heterocycles. The highest BCUT2D eigenvalue weighted by atomic mass is 32.2. The van der Waals surface area contributed by atoms with E-state index in [1.807, 2.05) is 6.92 Å². The van der Waals surface area contributed by atoms with Crippen molar-refractivity contribution in [3.8, 4) is 0 Å². The average Bonchev–Trinajstić information content (AvgIpc) is 2.45. The molecule has 2 N–H and O–H groups in total. The lowest BCUT2D eigenvalue weighted by Crippen LogP contribution is -2.42. The topological polar surface area (TPSA) is 116 Å². The van der Waals surface area contributed by atoms with E-state index < -0.39 is 14.9 Å². The summed E-state index contributed by atoms with van der Waals surface area (Å²) in [4.78, 5) is 12.5. The van der Waals surface area contributed by atoms with Gasteiger partial charge in [-0.2, -0.15) is 0 Å². The van der Waals surface area contributed by atoms with E-state index in [4.69, 9.17) is 9.88 Å². The minimum Gasteiger partial charge on any atom is -0.375 e. The van der Waals surface area contributed by atoms with E-state index in [2.05, 4.69) is 0 Å². The normalized spacial score (nSPS) is 19.2. The molecule has 1 aromatic rings. The van der Waals surface area contributed by atoms with Crippen LogP contribution in [0.25, 0.3) is 0 Å². The van der Waals surface area contributed by atoms with E-state index in [-0.39, 0.29) is 27.9 Å². The third kappa shape index (κ3) is 3.37. The third-order valence-corrected chi connectivity index (χ3v) is 4.76. The summed E-state index contributed by atoms with van der Waals surface area (Å²) in [7, 11) is -3.94. The SMILES string of the molecule is CCC1CN(c2cc(S(N)(=O)=O)c(C)cc2[N+](=O)[O-])CCO1. The smallest absolute Gasteiger partial charge is 0.292 e. The van der Waals surface area contributed by atoms with Gasteiger partial charge in [0.15, 0.2) is 0 Å². The van der Waals surface area contributed by atoms with Gasteiger partial charge in [0.2, 0.25) is 10.0 Å². The zero-order chi connectivity index (χ0) is 16.5. The van der Waals surface area contributed by atoms with Gasteiger partial charge >= 0.3 is 0 Å². The van der Waals surface area contributed by atoms with Gasteiger partial charge in [-0.3, -0.25) is 10.1 Å². The molecule has 0 spiro atoms. The van der Waals surface area contributed by atoms with E-state index in [1.54, 1.807) is 4.90 Å². The summed E-state index contributed by atoms with van der Waals surface area (Å²) in [5.74, 6) is 0. The number of rotatable bonds is 4. The number of hydrogen-bond donors (Lipinski definition) is 1. The minimum atomic E-state index is -3.94. The highest BCUT2D eigenvalue weighted by molar-refractivity contribution is 7.89. The molecular formula is C13H19N3O5S. The summed E-state index contributed by atoms with van der Waals surface area (Å²) in [5, 5.41) is 16.5. The maximum absolute atomic E-state index is 11.7. The molecule has 9 heteroatoms. The maximum Gasteiger partial charge on any atom is 0.292 e. The Labute approximate surface area is 129 Å². The van der Waals surface area contributed by atoms with Crippen molar-refractivity contribution in [3.63, 3.8) is 0 Å². The molecule has 0 aliphatic carbocycles. The fourth-order valence-corrected chi connectivity index (χ4v) is 3.34. The molecule has 1 aromatic carbocycles. The first-order chi connectivity index (χ1) is 10.2. The van der Waals surface area contributed by atoms with Crippen molar-refractivity contribution in [2.45, 2.75) is 31.3 Å². The van der Waals surface area contributed by atoms with Crippen molar-refractivity contribution in [1.29, 1.82) is 0 Å². The predicted molar refractivity (Wildman–Crippen MR) is 81.5 cm³/mol. The Morgan fingerprint density at radius 2 is 2.18 bits per heavy atom. The molecule has 122 valence electrons. The first-order valence-electron chi connectivity index (χ1n) is 6.92. The number of benzene rings is 1. The van der Waals surface area contributed by atoms with Gasteiger partial charge in [0.25, 0.3) is 5.69 Å². The predicted octanol–water partition coefficient (Wildman–Crippen LogP) is 1.17. The second-order valence-electron chi connectivity index (χ2n) is 5.26. The summed E-state index contributed by atoms with van der Waals surface area (Å²) in [6.45, 7) is 4.83. The maximum atomic E-state index is 11.7. The Bertz CT molecular complexity index is 689. The molecule has 1 unspecified atom stereocenters. The highest BCUT2D eigenvalue weighted by Gasteiger charge is 2.28. The summed E-state index contributed by atoms with van der Waals surface area (Å²) < 4.78 is 28.9. The van der Waals surface area contributed by atoms with Crippen LogP contribution in [0.15, 0.2) is 17.0 Å². The molecule has 0 amide bonds. The highest BCUT2D eigenvalue weighted by Crippen LogP contribution is 2.34. The van der Waals surface area contributed by atoms with Crippen molar-refractivity contribution in [2.24, 2.45) is 5.14 Å². The first-order valence-corrected chi connectivity index (χ1v) is 8.47. The Kier molecular flexibility index (Phi) is 4.69. The molecule has 22 heavy (non-hydrogen) atoms. The van der Waals surface area contributed by atoms with Crippen molar-refractivity contribution >= 4 is 21.4 Å². The van der Waals surface area contributed by atoms with Crippen molar-refractivity contribution in [1.82, 2.24) is 0 Å². The van der Waals surface area contributed by atoms with Crippen LogP contribution in [0.1, 0.15) is 18.9 Å². The van der Waals surface area contributed by atoms with Crippen LogP contribution in [-0.2, 0) is 14.8 Å². The van der Waals surface area contributed by atoms with Crippen LogP contribution in [0.3, 0.4) is 0 Å². The van der Waals surface area contributed by atoms with Gasteiger partial charge < -0.3 is 9.64 Å². The van der Waals surface area contributed by atoms with Crippen LogP contribution in [0.2, 0.25) is 0 Å². The number of morpholine rings is 1. The van der Waals surface area contributed by atoms with E-state index in [0.29, 0.717) is 19.7 Å². The molecule has 1 heterocycles. The molecule has 0 saturated carbocycles. The van der Waals surface area contributed by atoms with Crippen LogP contribution in [-0.4, -0.2) is 39.1 Å². The fraction of sp³-hybridized carbons (Fsp3) is 0.538. The quantitative estimate of drug-likeness (QED) is 0.654. The lowest BCUT2D eigenvalue weighted by atomic mass is 10.1. The van der Waals surface area contributed by atoms with Crippen LogP contribution in [0, 0.1) is 17.0 Å². The van der Waals surface area contributed by atoms with Crippen LogP contribution >= 0.6 is 0 Å². The lowest BCUT2D eigenvalue weighted by molar-refractivity contribution is -0.384. The lowest BCUT2D eigenvalue weighted by Gasteiger charge is -2.34. The number of aryl methyl sites for hydroxylation is 1. The van der Waals surface area contributed by atoms with E-state index in [1.165, 1.54) is 19.1 Å². The van der Waals surface area contributed by atoms with Crippen LogP contribution in [0.5, 0.6) is 0 Å². The molecule has 1 fully saturated rings. The zero-order valence-corrected chi connectivity index (χ0v) is 13.3. The fourth-order valence-electron chi connectivity index (χ4n) is 2.55. The second-order valence-corrected chi connectivity index (χ2v) is 6.79. The van der Waals surface area contributed by atoms with Gasteiger partial charge in [0.1, 0.15) is 5.69 Å². The van der Waals surface area contributed by atoms with Gasteiger partial charge in [-0.25, -0.2) is 13.6 Å². The molecule has 1 aliphatic heterocycles. The Balaban J connectivity index is 2.54. The monoisotopic (exact) mass is 329 g/mol. The minimum absolute atomic E-state index is 0.0346. The Morgan fingerprint density at radius 1 is 1.50 bits per heavy atom. The first kappa shape index (κ1) is 16.7. The summed E-state index contributed by atoms with van der Waals surface area (Å²) in [5.41, 5.74) is 0.404. The second kappa shape index (κ2) is 6.19. The summed E-state index contributed by atoms with van der Waals surface area (Å²) in [6.07, 6.45) is 0.741. The van der Waals surface area contributed by atoms with Gasteiger partial charge in [-0.1, -0.05) is 6.92 Å². The van der Waals surface area contributed by atoms with Crippen molar-refractivity contribution in [2.75, 3.05) is 24.6 Å². The van der Waals surface area contributed by atoms with Gasteiger partial charge in [0.05, 0.1) is 22.5 Å². The number of hydrogen-bond acceptors (Lipinski definition) is 6. The number of ether oxygens (including phenoxy) is 1. The van der Waals surface area contributed by atoms with Crippen LogP contribution < -0.4 is 10.0 Å². The molecule has 0 bridgehead atoms. The summed E-state index contributed by atoms with van der Waals surface area (Å²) >= 11 is 0. The Hall–Kier alpha value is -1.71. The van der Waals surface area contributed by atoms with Crippen molar-refractivity contribution < 1.29 is 18.1 Å². The van der Waals surface area contributed by atoms with E-state index in [9.17, 15) is 18.5 Å². The standard InChI is InChI=1S/C13H19N3O5S/c1-3-10-8-15(4-5-21-10)11-7-13(22(14,19)20)9(2)6-12(11)16(17)18/h6-7,10H,3-5,8H2,1-2H3,(H2,14,19,20). The van der Waals surface area contributed by atoms with Crippen LogP contribution in [0.4, 0.5) is 11.4 Å². The summed E-state index contributed by atoms with van der Waals surface area (Å²) in [6, 6.07) is 2.55. The Morgan fingerprint density at radius 3 is 2.73 bits per heavy atom. The number of primary sulfonamides is 1. The number of nitro benzene ring substituents is 1. The number of nitrogens with zero attached hydrogens (tertiary/aromatic N) is 2. The molecular weight excluding hydrogens is 310 g/mol. The zero-order valence-electron chi connectivity index (χ0n) is 12.5. The molecule has 8 nitrogen and oxygen atoms in total. The molecule has 1 saturated heterocycles. The van der Waals surface area contributed by atoms with Gasteiger partial charge in [0, 0.05) is 19.2 Å². The van der Waals surface area contributed by atoms with E-state index in [0.717, 1.165) is 6.42 Å². The van der Waals surface area contributed by atoms with Crippen molar-refractivity contribution in [3.05, 3.63) is 27.8 Å². The molecule has 2 rings (SSSR count). The number of nitrogens with two attached hydrogens (primary N) is 1. The molecule has 0 radical (unpaired) electrons. The van der Waals surface area contributed by atoms with E-state index >= 15 is 0 Å². The number of anilines is 1. The average molecular weight is 329 g/mol. The van der Waals surface area contributed by atoms with Gasteiger partial charge in [-0.15, -0.1) is 0 Å². The van der Waals surface area contributed by atoms with Gasteiger partial charge in [-0.05, 0) is 25.0 Å². The molecule has 1 atom stereocenters.